The van der Waals surface area contributed by atoms with Gasteiger partial charge >= 0.3 is 5.97 Å². The zero-order valence-corrected chi connectivity index (χ0v) is 12.9. The van der Waals surface area contributed by atoms with E-state index in [4.69, 9.17) is 4.74 Å². The Morgan fingerprint density at radius 1 is 1.00 bits per heavy atom. The van der Waals surface area contributed by atoms with Crippen LogP contribution in [0.15, 0.2) is 60.7 Å². The molecule has 0 aliphatic carbocycles. The average molecular weight is 298 g/mol. The number of nitrogens with zero attached hydrogens (tertiary/aromatic N) is 1. The lowest BCUT2D eigenvalue weighted by atomic mass is 10.2. The molecule has 2 aromatic rings. The molecule has 0 aromatic heterocycles. The minimum absolute atomic E-state index is 0.218. The van der Waals surface area contributed by atoms with E-state index in [-0.39, 0.29) is 12.5 Å². The van der Waals surface area contributed by atoms with Crippen LogP contribution in [0, 0.1) is 0 Å². The van der Waals surface area contributed by atoms with Gasteiger partial charge in [-0.2, -0.15) is 0 Å². The average Bonchev–Trinajstić information content (AvgIpc) is 2.55. The Morgan fingerprint density at radius 3 is 2.18 bits per heavy atom. The quantitative estimate of drug-likeness (QED) is 0.601. The number of nitrogens with one attached hydrogen (secondary N) is 1. The van der Waals surface area contributed by atoms with Crippen molar-refractivity contribution >= 4 is 5.97 Å². The van der Waals surface area contributed by atoms with Gasteiger partial charge < -0.3 is 4.74 Å². The van der Waals surface area contributed by atoms with Crippen molar-refractivity contribution < 1.29 is 9.53 Å². The molecule has 116 valence electrons. The molecule has 22 heavy (non-hydrogen) atoms. The van der Waals surface area contributed by atoms with Crippen LogP contribution in [0.3, 0.4) is 0 Å². The van der Waals surface area contributed by atoms with Gasteiger partial charge in [0.25, 0.3) is 0 Å². The summed E-state index contributed by atoms with van der Waals surface area (Å²) in [5, 5.41) is 1.89. The number of hydrogen-bond acceptors (Lipinski definition) is 4. The number of ether oxygens (including phenoxy) is 1. The Bertz CT molecular complexity index is 558. The number of carbonyl (C=O) groups is 1. The predicted octanol–water partition coefficient (Wildman–Crippen LogP) is 2.76. The van der Waals surface area contributed by atoms with E-state index in [9.17, 15) is 4.79 Å². The van der Waals surface area contributed by atoms with E-state index in [1.54, 1.807) is 0 Å². The molecule has 1 N–H and O–H groups in total. The molecular formula is C18H22N2O2. The second-order valence-corrected chi connectivity index (χ2v) is 4.97. The van der Waals surface area contributed by atoms with Gasteiger partial charge in [0.1, 0.15) is 6.54 Å². The highest BCUT2D eigenvalue weighted by Crippen LogP contribution is 2.04. The van der Waals surface area contributed by atoms with E-state index in [2.05, 4.69) is 17.6 Å². The fourth-order valence-electron chi connectivity index (χ4n) is 2.13. The van der Waals surface area contributed by atoms with Gasteiger partial charge in [-0.3, -0.25) is 4.79 Å². The summed E-state index contributed by atoms with van der Waals surface area (Å²) < 4.78 is 5.04. The summed E-state index contributed by atoms with van der Waals surface area (Å²) >= 11 is 0. The molecule has 0 heterocycles. The number of hydrogen-bond donors (Lipinski definition) is 1. The second kappa shape index (κ2) is 8.97. The maximum absolute atomic E-state index is 11.8. The Morgan fingerprint density at radius 2 is 1.59 bits per heavy atom. The topological polar surface area (TPSA) is 41.6 Å². The van der Waals surface area contributed by atoms with Crippen molar-refractivity contribution in [2.75, 3.05) is 13.2 Å². The summed E-state index contributed by atoms with van der Waals surface area (Å²) in [5.74, 6) is -0.223. The minimum Gasteiger partial charge on any atom is -0.465 e. The summed E-state index contributed by atoms with van der Waals surface area (Å²) in [6.07, 6.45) is 0. The van der Waals surface area contributed by atoms with Crippen LogP contribution in [0.25, 0.3) is 0 Å². The zero-order valence-electron chi connectivity index (χ0n) is 12.9. The standard InChI is InChI=1S/C18H22N2O2/c1-2-22-18(21)15-20(14-17-11-7-4-8-12-17)19-13-16-9-5-3-6-10-16/h3-12,19H,2,13-15H2,1H3. The van der Waals surface area contributed by atoms with Crippen LogP contribution in [-0.2, 0) is 22.6 Å². The summed E-state index contributed by atoms with van der Waals surface area (Å²) in [5.41, 5.74) is 5.62. The van der Waals surface area contributed by atoms with Crippen molar-refractivity contribution in [2.24, 2.45) is 0 Å². The van der Waals surface area contributed by atoms with Crippen molar-refractivity contribution in [2.45, 2.75) is 20.0 Å². The van der Waals surface area contributed by atoms with E-state index in [0.717, 1.165) is 5.56 Å². The van der Waals surface area contributed by atoms with Gasteiger partial charge in [-0.1, -0.05) is 60.7 Å². The lowest BCUT2D eigenvalue weighted by Gasteiger charge is -2.22. The van der Waals surface area contributed by atoms with Gasteiger partial charge in [-0.15, -0.1) is 0 Å². The maximum atomic E-state index is 11.8. The monoisotopic (exact) mass is 298 g/mol. The van der Waals surface area contributed by atoms with E-state index < -0.39 is 0 Å². The van der Waals surface area contributed by atoms with Crippen molar-refractivity contribution in [1.29, 1.82) is 0 Å². The maximum Gasteiger partial charge on any atom is 0.321 e. The molecule has 0 aliphatic rings. The van der Waals surface area contributed by atoms with Crippen LogP contribution < -0.4 is 5.43 Å². The van der Waals surface area contributed by atoms with Crippen molar-refractivity contribution in [3.8, 4) is 0 Å². The van der Waals surface area contributed by atoms with E-state index in [1.807, 2.05) is 60.5 Å². The molecule has 0 saturated heterocycles. The summed E-state index contributed by atoms with van der Waals surface area (Å²) in [6.45, 7) is 3.75. The van der Waals surface area contributed by atoms with Crippen LogP contribution in [0.5, 0.6) is 0 Å². The van der Waals surface area contributed by atoms with Gasteiger partial charge in [-0.05, 0) is 18.1 Å². The van der Waals surface area contributed by atoms with Gasteiger partial charge in [0, 0.05) is 13.1 Å². The summed E-state index contributed by atoms with van der Waals surface area (Å²) in [4.78, 5) is 11.8. The lowest BCUT2D eigenvalue weighted by molar-refractivity contribution is -0.145. The van der Waals surface area contributed by atoms with Crippen LogP contribution >= 0.6 is 0 Å². The SMILES string of the molecule is CCOC(=O)CN(Cc1ccccc1)NCc1ccccc1. The second-order valence-electron chi connectivity index (χ2n) is 4.97. The van der Waals surface area contributed by atoms with Crippen LogP contribution in [-0.4, -0.2) is 24.1 Å². The highest BCUT2D eigenvalue weighted by atomic mass is 16.5. The minimum atomic E-state index is -0.223. The Labute approximate surface area is 131 Å². The fourth-order valence-corrected chi connectivity index (χ4v) is 2.13. The first-order chi connectivity index (χ1) is 10.8. The van der Waals surface area contributed by atoms with Gasteiger partial charge in [0.15, 0.2) is 0 Å². The third-order valence-corrected chi connectivity index (χ3v) is 3.19. The van der Waals surface area contributed by atoms with E-state index in [0.29, 0.717) is 19.7 Å². The smallest absolute Gasteiger partial charge is 0.321 e. The molecule has 0 aliphatic heterocycles. The Balaban J connectivity index is 1.96. The summed E-state index contributed by atoms with van der Waals surface area (Å²) in [6, 6.07) is 20.2. The molecule has 0 radical (unpaired) electrons. The number of carbonyl (C=O) groups excluding carboxylic acids is 1. The third kappa shape index (κ3) is 5.68. The van der Waals surface area contributed by atoms with E-state index >= 15 is 0 Å². The van der Waals surface area contributed by atoms with Gasteiger partial charge in [-0.25, -0.2) is 10.4 Å². The number of hydrazine groups is 1. The van der Waals surface area contributed by atoms with Crippen molar-refractivity contribution in [3.63, 3.8) is 0 Å². The molecule has 4 heteroatoms. The fraction of sp³-hybridized carbons (Fsp3) is 0.278. The molecule has 2 aromatic carbocycles. The van der Waals surface area contributed by atoms with Crippen molar-refractivity contribution in [3.05, 3.63) is 71.8 Å². The number of esters is 1. The Kier molecular flexibility index (Phi) is 6.61. The molecule has 0 fully saturated rings. The first-order valence-corrected chi connectivity index (χ1v) is 7.50. The molecule has 0 spiro atoms. The summed E-state index contributed by atoms with van der Waals surface area (Å²) in [7, 11) is 0. The van der Waals surface area contributed by atoms with Crippen LogP contribution in [0.4, 0.5) is 0 Å². The first kappa shape index (κ1) is 16.2. The third-order valence-electron chi connectivity index (χ3n) is 3.19. The highest BCUT2D eigenvalue weighted by molar-refractivity contribution is 5.71. The molecule has 4 nitrogen and oxygen atoms in total. The van der Waals surface area contributed by atoms with Gasteiger partial charge in [0.2, 0.25) is 0 Å². The largest absolute Gasteiger partial charge is 0.465 e. The molecule has 0 saturated carbocycles. The first-order valence-electron chi connectivity index (χ1n) is 7.50. The molecule has 0 amide bonds. The highest BCUT2D eigenvalue weighted by Gasteiger charge is 2.11. The molecule has 0 unspecified atom stereocenters. The van der Waals surface area contributed by atoms with Crippen LogP contribution in [0.2, 0.25) is 0 Å². The lowest BCUT2D eigenvalue weighted by Crippen LogP contribution is -2.41. The van der Waals surface area contributed by atoms with Crippen LogP contribution in [0.1, 0.15) is 18.1 Å². The molecule has 0 bridgehead atoms. The normalized spacial score (nSPS) is 10.6. The molecule has 0 atom stereocenters. The predicted molar refractivity (Wildman–Crippen MR) is 86.8 cm³/mol. The number of rotatable bonds is 8. The Hall–Kier alpha value is -2.17. The zero-order chi connectivity index (χ0) is 15.6. The molecular weight excluding hydrogens is 276 g/mol. The van der Waals surface area contributed by atoms with Crippen molar-refractivity contribution in [1.82, 2.24) is 10.4 Å². The number of benzene rings is 2. The van der Waals surface area contributed by atoms with Gasteiger partial charge in [0.05, 0.1) is 6.61 Å². The van der Waals surface area contributed by atoms with E-state index in [1.165, 1.54) is 5.56 Å². The molecule has 2 rings (SSSR count).